The maximum Gasteiger partial charge on any atom is 0.248 e. The first-order valence-corrected chi connectivity index (χ1v) is 10.2. The Kier molecular flexibility index (Phi) is 6.13. The third-order valence-electron chi connectivity index (χ3n) is 5.05. The summed E-state index contributed by atoms with van der Waals surface area (Å²) >= 11 is 0. The molecule has 0 radical (unpaired) electrons. The zero-order valence-corrected chi connectivity index (χ0v) is 17.8. The van der Waals surface area contributed by atoms with Crippen molar-refractivity contribution in [3.05, 3.63) is 108 Å². The van der Waals surface area contributed by atoms with Gasteiger partial charge >= 0.3 is 0 Å². The molecule has 4 aromatic rings. The van der Waals surface area contributed by atoms with Crippen LogP contribution in [-0.2, 0) is 4.79 Å². The molecule has 0 bridgehead atoms. The number of hydrogen-bond donors (Lipinski definition) is 2. The largest absolute Gasteiger partial charge is 0.366 e. The predicted octanol–water partition coefficient (Wildman–Crippen LogP) is 4.74. The third kappa shape index (κ3) is 5.04. The molecule has 4 rings (SSSR count). The molecular weight excluding hydrogens is 419 g/mol. The van der Waals surface area contributed by atoms with Gasteiger partial charge in [-0.25, -0.2) is 9.07 Å². The van der Waals surface area contributed by atoms with Gasteiger partial charge in [-0.1, -0.05) is 18.2 Å². The van der Waals surface area contributed by atoms with Crippen molar-refractivity contribution >= 4 is 23.6 Å². The molecule has 0 aliphatic heterocycles. The second-order valence-corrected chi connectivity index (χ2v) is 7.44. The van der Waals surface area contributed by atoms with E-state index in [0.29, 0.717) is 28.1 Å². The average Bonchev–Trinajstić information content (AvgIpc) is 3.23. The Hall–Kier alpha value is -4.52. The zero-order chi connectivity index (χ0) is 23.4. The number of carbonyl (C=O) groups excluding carboxylic acids is 2. The van der Waals surface area contributed by atoms with Gasteiger partial charge < -0.3 is 11.1 Å². The van der Waals surface area contributed by atoms with Crippen molar-refractivity contribution in [1.29, 1.82) is 0 Å². The summed E-state index contributed by atoms with van der Waals surface area (Å²) < 4.78 is 15.1. The molecule has 0 fully saturated rings. The van der Waals surface area contributed by atoms with Gasteiger partial charge in [0.25, 0.3) is 0 Å². The number of amides is 2. The number of hydrogen-bond acceptors (Lipinski definition) is 3. The van der Waals surface area contributed by atoms with E-state index in [1.165, 1.54) is 18.2 Å². The molecule has 33 heavy (non-hydrogen) atoms. The SMILES string of the molecule is Cc1cc(NC(=O)/C=C/c2cn(-c3ccccc3)nc2-c2ccc(F)cc2)ccc1C(N)=O. The summed E-state index contributed by atoms with van der Waals surface area (Å²) in [7, 11) is 0. The Morgan fingerprint density at radius 2 is 1.76 bits per heavy atom. The Bertz CT molecular complexity index is 1340. The maximum absolute atomic E-state index is 13.4. The molecule has 2 amide bonds. The van der Waals surface area contributed by atoms with E-state index >= 15 is 0 Å². The molecule has 0 aliphatic carbocycles. The molecule has 164 valence electrons. The van der Waals surface area contributed by atoms with Crippen molar-refractivity contribution in [2.45, 2.75) is 6.92 Å². The minimum atomic E-state index is -0.519. The van der Waals surface area contributed by atoms with Crippen LogP contribution < -0.4 is 11.1 Å². The molecule has 6 nitrogen and oxygen atoms in total. The normalized spacial score (nSPS) is 11.0. The third-order valence-corrected chi connectivity index (χ3v) is 5.05. The van der Waals surface area contributed by atoms with Gasteiger partial charge in [0, 0.05) is 34.7 Å². The fourth-order valence-electron chi connectivity index (χ4n) is 3.42. The first-order valence-electron chi connectivity index (χ1n) is 10.2. The molecule has 0 spiro atoms. The summed E-state index contributed by atoms with van der Waals surface area (Å²) in [6.45, 7) is 1.75. The Balaban J connectivity index is 1.61. The number of para-hydroxylation sites is 1. The van der Waals surface area contributed by atoms with Gasteiger partial charge in [-0.2, -0.15) is 5.10 Å². The number of anilines is 1. The molecule has 3 N–H and O–H groups in total. The minimum absolute atomic E-state index is 0.338. The molecule has 0 unspecified atom stereocenters. The van der Waals surface area contributed by atoms with E-state index in [9.17, 15) is 14.0 Å². The number of nitrogens with two attached hydrogens (primary N) is 1. The van der Waals surface area contributed by atoms with Crippen LogP contribution in [0.2, 0.25) is 0 Å². The summed E-state index contributed by atoms with van der Waals surface area (Å²) in [6.07, 6.45) is 4.87. The second kappa shape index (κ2) is 9.32. The van der Waals surface area contributed by atoms with Crippen molar-refractivity contribution < 1.29 is 14.0 Å². The topological polar surface area (TPSA) is 90.0 Å². The molecule has 0 atom stereocenters. The lowest BCUT2D eigenvalue weighted by Gasteiger charge is -2.06. The van der Waals surface area contributed by atoms with E-state index in [0.717, 1.165) is 11.3 Å². The van der Waals surface area contributed by atoms with Crippen molar-refractivity contribution in [3.8, 4) is 16.9 Å². The number of aryl methyl sites for hydroxylation is 1. The summed E-state index contributed by atoms with van der Waals surface area (Å²) in [6, 6.07) is 20.5. The van der Waals surface area contributed by atoms with E-state index in [2.05, 4.69) is 10.4 Å². The van der Waals surface area contributed by atoms with Crippen LogP contribution in [0.5, 0.6) is 0 Å². The minimum Gasteiger partial charge on any atom is -0.366 e. The zero-order valence-electron chi connectivity index (χ0n) is 17.8. The quantitative estimate of drug-likeness (QED) is 0.425. The van der Waals surface area contributed by atoms with Crippen LogP contribution in [0.1, 0.15) is 21.5 Å². The number of nitrogens with zero attached hydrogens (tertiary/aromatic N) is 2. The van der Waals surface area contributed by atoms with Crippen LogP contribution in [-0.4, -0.2) is 21.6 Å². The molecule has 0 aliphatic rings. The highest BCUT2D eigenvalue weighted by Crippen LogP contribution is 2.25. The number of aromatic nitrogens is 2. The molecule has 7 heteroatoms. The highest BCUT2D eigenvalue weighted by Gasteiger charge is 2.12. The fraction of sp³-hybridized carbons (Fsp3) is 0.0385. The van der Waals surface area contributed by atoms with Gasteiger partial charge in [0.15, 0.2) is 0 Å². The number of carbonyl (C=O) groups is 2. The predicted molar refractivity (Wildman–Crippen MR) is 126 cm³/mol. The Labute approximate surface area is 190 Å². The summed E-state index contributed by atoms with van der Waals surface area (Å²) in [4.78, 5) is 23.9. The summed E-state index contributed by atoms with van der Waals surface area (Å²) in [5.74, 6) is -1.21. The van der Waals surface area contributed by atoms with Crippen molar-refractivity contribution in [1.82, 2.24) is 9.78 Å². The van der Waals surface area contributed by atoms with E-state index in [1.807, 2.05) is 36.5 Å². The van der Waals surface area contributed by atoms with Gasteiger partial charge in [0.2, 0.25) is 11.8 Å². The number of halogens is 1. The van der Waals surface area contributed by atoms with Gasteiger partial charge in [0.05, 0.1) is 11.4 Å². The Morgan fingerprint density at radius 1 is 1.03 bits per heavy atom. The number of nitrogens with one attached hydrogen (secondary N) is 1. The average molecular weight is 440 g/mol. The lowest BCUT2D eigenvalue weighted by molar-refractivity contribution is -0.111. The molecule has 1 aromatic heterocycles. The van der Waals surface area contributed by atoms with Crippen molar-refractivity contribution in [3.63, 3.8) is 0 Å². The van der Waals surface area contributed by atoms with Crippen molar-refractivity contribution in [2.24, 2.45) is 5.73 Å². The van der Waals surface area contributed by atoms with E-state index in [-0.39, 0.29) is 11.7 Å². The first kappa shape index (κ1) is 21.7. The number of primary amides is 1. The second-order valence-electron chi connectivity index (χ2n) is 7.44. The smallest absolute Gasteiger partial charge is 0.248 e. The first-order chi connectivity index (χ1) is 15.9. The number of rotatable bonds is 6. The van der Waals surface area contributed by atoms with Crippen molar-refractivity contribution in [2.75, 3.05) is 5.32 Å². The Morgan fingerprint density at radius 3 is 2.42 bits per heavy atom. The van der Waals surface area contributed by atoms with Crippen LogP contribution in [0.3, 0.4) is 0 Å². The molecular formula is C26H21FN4O2. The molecule has 3 aromatic carbocycles. The van der Waals surface area contributed by atoms with Crippen LogP contribution >= 0.6 is 0 Å². The standard InChI is InChI=1S/C26H21FN4O2/c1-17-15-21(12-13-23(17)26(28)33)29-24(32)14-9-19-16-31(22-5-3-2-4-6-22)30-25(19)18-7-10-20(27)11-8-18/h2-16H,1H3,(H2,28,33)(H,29,32)/b14-9+. The summed E-state index contributed by atoms with van der Waals surface area (Å²) in [5, 5.41) is 7.42. The van der Waals surface area contributed by atoms with Crippen LogP contribution in [0.15, 0.2) is 85.1 Å². The monoisotopic (exact) mass is 440 g/mol. The van der Waals surface area contributed by atoms with Gasteiger partial charge in [0.1, 0.15) is 5.82 Å². The lowest BCUT2D eigenvalue weighted by Crippen LogP contribution is -2.13. The van der Waals surface area contributed by atoms with Crippen LogP contribution in [0.25, 0.3) is 23.0 Å². The van der Waals surface area contributed by atoms with Gasteiger partial charge in [-0.15, -0.1) is 0 Å². The maximum atomic E-state index is 13.4. The van der Waals surface area contributed by atoms with E-state index in [1.54, 1.807) is 48.0 Å². The lowest BCUT2D eigenvalue weighted by atomic mass is 10.1. The van der Waals surface area contributed by atoms with E-state index in [4.69, 9.17) is 5.73 Å². The summed E-state index contributed by atoms with van der Waals surface area (Å²) in [5.41, 5.74) is 9.84. The molecule has 1 heterocycles. The van der Waals surface area contributed by atoms with Gasteiger partial charge in [-0.05, 0) is 73.2 Å². The molecule has 0 saturated heterocycles. The van der Waals surface area contributed by atoms with Crippen LogP contribution in [0, 0.1) is 12.7 Å². The van der Waals surface area contributed by atoms with E-state index < -0.39 is 5.91 Å². The number of benzene rings is 3. The highest BCUT2D eigenvalue weighted by atomic mass is 19.1. The van der Waals surface area contributed by atoms with Gasteiger partial charge in [-0.3, -0.25) is 9.59 Å². The molecule has 0 saturated carbocycles. The fourth-order valence-corrected chi connectivity index (χ4v) is 3.42. The highest BCUT2D eigenvalue weighted by molar-refractivity contribution is 6.03. The van der Waals surface area contributed by atoms with Crippen LogP contribution in [0.4, 0.5) is 10.1 Å².